The van der Waals surface area contributed by atoms with Crippen LogP contribution in [0.1, 0.15) is 37.8 Å². The van der Waals surface area contributed by atoms with E-state index in [9.17, 15) is 0 Å². The lowest BCUT2D eigenvalue weighted by molar-refractivity contribution is 0.931. The molecule has 0 radical (unpaired) electrons. The van der Waals surface area contributed by atoms with Crippen LogP contribution in [0.25, 0.3) is 20.2 Å². The molecule has 0 nitrogen and oxygen atoms in total. The van der Waals surface area contributed by atoms with Crippen molar-refractivity contribution in [1.29, 1.82) is 0 Å². The van der Waals surface area contributed by atoms with E-state index >= 15 is 0 Å². The summed E-state index contributed by atoms with van der Waals surface area (Å²) in [6, 6.07) is 13.6. The van der Waals surface area contributed by atoms with Crippen molar-refractivity contribution >= 4 is 31.5 Å². The van der Waals surface area contributed by atoms with Gasteiger partial charge in [-0.3, -0.25) is 0 Å². The van der Waals surface area contributed by atoms with E-state index in [0.29, 0.717) is 0 Å². The van der Waals surface area contributed by atoms with E-state index in [1.807, 2.05) is 11.3 Å². The highest BCUT2D eigenvalue weighted by Crippen LogP contribution is 2.38. The average Bonchev–Trinajstić information content (AvgIpc) is 2.81. The third-order valence-corrected chi connectivity index (χ3v) is 5.10. The Labute approximate surface area is 119 Å². The first-order chi connectivity index (χ1) is 9.35. The average molecular weight is 268 g/mol. The van der Waals surface area contributed by atoms with Crippen molar-refractivity contribution in [2.45, 2.75) is 39.5 Å². The summed E-state index contributed by atoms with van der Waals surface area (Å²) in [6.45, 7) is 4.52. The predicted octanol–water partition coefficient (Wildman–Crippen LogP) is 5.96. The van der Waals surface area contributed by atoms with Crippen LogP contribution in [0.15, 0.2) is 36.4 Å². The lowest BCUT2D eigenvalue weighted by Crippen LogP contribution is -1.82. The SMILES string of the molecule is CCCc1cccc2c1sc1c(CCC)cccc12. The molecule has 0 aliphatic carbocycles. The lowest BCUT2D eigenvalue weighted by atomic mass is 10.0. The molecule has 0 fully saturated rings. The molecule has 3 aromatic rings. The molecule has 1 heterocycles. The Morgan fingerprint density at radius 1 is 0.737 bits per heavy atom. The second-order valence-corrected chi connectivity index (χ2v) is 6.21. The van der Waals surface area contributed by atoms with Crippen molar-refractivity contribution in [3.8, 4) is 0 Å². The molecule has 19 heavy (non-hydrogen) atoms. The second-order valence-electron chi connectivity index (χ2n) is 5.19. The van der Waals surface area contributed by atoms with E-state index in [1.54, 1.807) is 0 Å². The first-order valence-electron chi connectivity index (χ1n) is 7.27. The van der Waals surface area contributed by atoms with Gasteiger partial charge in [0.05, 0.1) is 0 Å². The highest BCUT2D eigenvalue weighted by molar-refractivity contribution is 7.26. The molecule has 0 saturated carbocycles. The van der Waals surface area contributed by atoms with Crippen molar-refractivity contribution in [3.63, 3.8) is 0 Å². The molecule has 2 aromatic carbocycles. The zero-order valence-corrected chi connectivity index (χ0v) is 12.5. The molecular formula is C18H20S. The number of hydrogen-bond acceptors (Lipinski definition) is 1. The van der Waals surface area contributed by atoms with Crippen LogP contribution in [0.5, 0.6) is 0 Å². The first-order valence-corrected chi connectivity index (χ1v) is 8.08. The molecule has 3 rings (SSSR count). The van der Waals surface area contributed by atoms with Gasteiger partial charge in [0.25, 0.3) is 0 Å². The van der Waals surface area contributed by atoms with Gasteiger partial charge >= 0.3 is 0 Å². The Hall–Kier alpha value is -1.34. The smallest absolute Gasteiger partial charge is 0.0387 e. The van der Waals surface area contributed by atoms with E-state index in [0.717, 1.165) is 0 Å². The van der Waals surface area contributed by atoms with Gasteiger partial charge in [0.2, 0.25) is 0 Å². The van der Waals surface area contributed by atoms with Crippen LogP contribution >= 0.6 is 11.3 Å². The second kappa shape index (κ2) is 5.34. The zero-order valence-electron chi connectivity index (χ0n) is 11.7. The van der Waals surface area contributed by atoms with Crippen LogP contribution < -0.4 is 0 Å². The topological polar surface area (TPSA) is 0 Å². The van der Waals surface area contributed by atoms with Crippen LogP contribution in [0.4, 0.5) is 0 Å². The summed E-state index contributed by atoms with van der Waals surface area (Å²) in [6.07, 6.45) is 4.81. The summed E-state index contributed by atoms with van der Waals surface area (Å²) in [5.74, 6) is 0. The van der Waals surface area contributed by atoms with Gasteiger partial charge in [-0.2, -0.15) is 0 Å². The summed E-state index contributed by atoms with van der Waals surface area (Å²) >= 11 is 1.99. The Balaban J connectivity index is 2.31. The van der Waals surface area contributed by atoms with Gasteiger partial charge in [-0.15, -0.1) is 11.3 Å². The van der Waals surface area contributed by atoms with Crippen LogP contribution in [0, 0.1) is 0 Å². The molecule has 0 unspecified atom stereocenters. The number of rotatable bonds is 4. The van der Waals surface area contributed by atoms with Gasteiger partial charge in [0, 0.05) is 20.2 Å². The molecule has 1 aromatic heterocycles. The number of aryl methyl sites for hydroxylation is 2. The summed E-state index contributed by atoms with van der Waals surface area (Å²) in [5.41, 5.74) is 3.03. The maximum Gasteiger partial charge on any atom is 0.0387 e. The minimum Gasteiger partial charge on any atom is -0.135 e. The molecule has 0 bridgehead atoms. The molecular weight excluding hydrogens is 248 g/mol. The Morgan fingerprint density at radius 2 is 1.21 bits per heavy atom. The highest BCUT2D eigenvalue weighted by atomic mass is 32.1. The van der Waals surface area contributed by atoms with Crippen LogP contribution in [0.2, 0.25) is 0 Å². The van der Waals surface area contributed by atoms with Crippen molar-refractivity contribution in [2.24, 2.45) is 0 Å². The van der Waals surface area contributed by atoms with E-state index in [4.69, 9.17) is 0 Å². The van der Waals surface area contributed by atoms with E-state index in [2.05, 4.69) is 50.2 Å². The lowest BCUT2D eigenvalue weighted by Gasteiger charge is -2.00. The maximum absolute atomic E-state index is 2.29. The number of thiophene rings is 1. The number of hydrogen-bond donors (Lipinski definition) is 0. The molecule has 0 aliphatic rings. The third kappa shape index (κ3) is 2.17. The van der Waals surface area contributed by atoms with Gasteiger partial charge in [0.1, 0.15) is 0 Å². The molecule has 0 amide bonds. The van der Waals surface area contributed by atoms with Crippen molar-refractivity contribution in [2.75, 3.05) is 0 Å². The fraction of sp³-hybridized carbons (Fsp3) is 0.333. The summed E-state index contributed by atoms with van der Waals surface area (Å²) in [7, 11) is 0. The number of fused-ring (bicyclic) bond motifs is 3. The highest BCUT2D eigenvalue weighted by Gasteiger charge is 2.10. The largest absolute Gasteiger partial charge is 0.135 e. The molecule has 0 spiro atoms. The van der Waals surface area contributed by atoms with E-state index in [1.165, 1.54) is 57.0 Å². The van der Waals surface area contributed by atoms with Gasteiger partial charge in [-0.05, 0) is 24.0 Å². The molecule has 1 heteroatoms. The third-order valence-electron chi connectivity index (χ3n) is 3.73. The minimum atomic E-state index is 1.19. The minimum absolute atomic E-state index is 1.19. The molecule has 0 saturated heterocycles. The molecule has 0 N–H and O–H groups in total. The van der Waals surface area contributed by atoms with Crippen molar-refractivity contribution < 1.29 is 0 Å². The van der Waals surface area contributed by atoms with Gasteiger partial charge < -0.3 is 0 Å². The maximum atomic E-state index is 2.29. The standard InChI is InChI=1S/C18H20S/c1-3-7-13-9-5-11-15-16-12-6-10-14(8-4-2)18(16)19-17(13)15/h5-6,9-12H,3-4,7-8H2,1-2H3. The fourth-order valence-electron chi connectivity index (χ4n) is 2.87. The van der Waals surface area contributed by atoms with Crippen LogP contribution in [0.3, 0.4) is 0 Å². The Bertz CT molecular complexity index is 646. The Morgan fingerprint density at radius 3 is 1.63 bits per heavy atom. The number of benzene rings is 2. The molecule has 0 atom stereocenters. The monoisotopic (exact) mass is 268 g/mol. The molecule has 0 aliphatic heterocycles. The van der Waals surface area contributed by atoms with Gasteiger partial charge in [0.15, 0.2) is 0 Å². The summed E-state index contributed by atoms with van der Waals surface area (Å²) in [4.78, 5) is 0. The zero-order chi connectivity index (χ0) is 13.2. The quantitative estimate of drug-likeness (QED) is 0.547. The van der Waals surface area contributed by atoms with Crippen molar-refractivity contribution in [3.05, 3.63) is 47.5 Å². The fourth-order valence-corrected chi connectivity index (χ4v) is 4.25. The summed E-state index contributed by atoms with van der Waals surface area (Å²) in [5, 5.41) is 2.90. The Kier molecular flexibility index (Phi) is 3.56. The molecule has 98 valence electrons. The van der Waals surface area contributed by atoms with Gasteiger partial charge in [-0.25, -0.2) is 0 Å². The summed E-state index contributed by atoms with van der Waals surface area (Å²) < 4.78 is 3.01. The normalized spacial score (nSPS) is 11.5. The van der Waals surface area contributed by atoms with Crippen LogP contribution in [-0.2, 0) is 12.8 Å². The van der Waals surface area contributed by atoms with E-state index in [-0.39, 0.29) is 0 Å². The predicted molar refractivity (Wildman–Crippen MR) is 87.3 cm³/mol. The van der Waals surface area contributed by atoms with E-state index < -0.39 is 0 Å². The van der Waals surface area contributed by atoms with Crippen molar-refractivity contribution in [1.82, 2.24) is 0 Å². The van der Waals surface area contributed by atoms with Crippen LogP contribution in [-0.4, -0.2) is 0 Å². The first kappa shape index (κ1) is 12.7. The van der Waals surface area contributed by atoms with Gasteiger partial charge in [-0.1, -0.05) is 63.1 Å².